The van der Waals surface area contributed by atoms with Gasteiger partial charge in [-0.05, 0) is 90.3 Å². The number of ether oxygens (including phenoxy) is 2. The van der Waals surface area contributed by atoms with Crippen molar-refractivity contribution < 1.29 is 14.3 Å². The van der Waals surface area contributed by atoms with Gasteiger partial charge in [-0.2, -0.15) is 10.2 Å². The van der Waals surface area contributed by atoms with E-state index in [0.29, 0.717) is 72.1 Å². The van der Waals surface area contributed by atoms with E-state index in [-0.39, 0.29) is 17.8 Å². The highest BCUT2D eigenvalue weighted by molar-refractivity contribution is 7.16. The third kappa shape index (κ3) is 5.02. The lowest BCUT2D eigenvalue weighted by Gasteiger charge is -2.40. The van der Waals surface area contributed by atoms with E-state index in [1.165, 1.54) is 11.3 Å². The zero-order valence-corrected chi connectivity index (χ0v) is 24.9. The molecule has 0 unspecified atom stereocenters. The molecule has 3 atom stereocenters. The summed E-state index contributed by atoms with van der Waals surface area (Å²) in [5.41, 5.74) is 15.4. The van der Waals surface area contributed by atoms with Gasteiger partial charge in [0.05, 0.1) is 22.4 Å². The van der Waals surface area contributed by atoms with Crippen LogP contribution in [0.25, 0.3) is 5.70 Å². The SMILES string of the molecule is C[C@H](Oc1cc(C2CCOCC2)nc(C(N)=C2CCC[C@@]3(CCCc4sc(N)c(C#N)c43)C2=O)n1)[C@@H]1CCCN1C. The number of rotatable bonds is 5. The van der Waals surface area contributed by atoms with Gasteiger partial charge in [0.2, 0.25) is 5.88 Å². The minimum absolute atomic E-state index is 0.0000127. The lowest BCUT2D eigenvalue weighted by atomic mass is 9.61. The number of thiophene rings is 1. The number of Topliss-reactive ketones (excluding diaryl/α,β-unsaturated/α-hetero) is 1. The number of likely N-dealkylation sites (tertiary alicyclic amines) is 1. The Morgan fingerprint density at radius 1 is 1.22 bits per heavy atom. The van der Waals surface area contributed by atoms with Crippen molar-refractivity contribution in [1.29, 1.82) is 5.26 Å². The fraction of sp³-hybridized carbons (Fsp3) is 0.613. The number of carbonyl (C=O) groups excluding carboxylic acids is 1. The number of nitriles is 1. The van der Waals surface area contributed by atoms with Gasteiger partial charge in [-0.15, -0.1) is 11.3 Å². The number of aromatic nitrogens is 2. The van der Waals surface area contributed by atoms with Gasteiger partial charge in [0.1, 0.15) is 17.2 Å². The number of nitrogens with two attached hydrogens (primary N) is 2. The van der Waals surface area contributed by atoms with Gasteiger partial charge in [0, 0.05) is 41.7 Å². The molecule has 3 fully saturated rings. The molecule has 4 aliphatic rings. The summed E-state index contributed by atoms with van der Waals surface area (Å²) in [6.45, 7) is 4.54. The summed E-state index contributed by atoms with van der Waals surface area (Å²) in [5.74, 6) is 1.08. The van der Waals surface area contributed by atoms with Gasteiger partial charge in [-0.1, -0.05) is 0 Å². The second kappa shape index (κ2) is 11.3. The number of fused-ring (bicyclic) bond motifs is 2. The van der Waals surface area contributed by atoms with Crippen LogP contribution in [-0.4, -0.2) is 59.6 Å². The first-order valence-electron chi connectivity index (χ1n) is 15.0. The molecule has 9 nitrogen and oxygen atoms in total. The molecule has 4 heterocycles. The van der Waals surface area contributed by atoms with E-state index < -0.39 is 5.41 Å². The summed E-state index contributed by atoms with van der Waals surface area (Å²) >= 11 is 1.45. The fourth-order valence-electron chi connectivity index (χ4n) is 7.54. The van der Waals surface area contributed by atoms with E-state index in [2.05, 4.69) is 24.9 Å². The van der Waals surface area contributed by atoms with Crippen LogP contribution in [0.15, 0.2) is 11.6 Å². The van der Waals surface area contributed by atoms with E-state index in [4.69, 9.17) is 30.9 Å². The van der Waals surface area contributed by atoms with Crippen LogP contribution in [0.4, 0.5) is 5.00 Å². The van der Waals surface area contributed by atoms with Crippen molar-refractivity contribution >= 4 is 27.8 Å². The van der Waals surface area contributed by atoms with Gasteiger partial charge in [-0.25, -0.2) is 4.98 Å². The first kappa shape index (κ1) is 28.1. The summed E-state index contributed by atoms with van der Waals surface area (Å²) in [5, 5.41) is 10.5. The number of nitrogen functional groups attached to an aromatic ring is 1. The van der Waals surface area contributed by atoms with Gasteiger partial charge in [-0.3, -0.25) is 9.69 Å². The number of ketones is 1. The van der Waals surface area contributed by atoms with E-state index >= 15 is 0 Å². The Hall–Kier alpha value is -3.00. The molecule has 10 heteroatoms. The average molecular weight is 577 g/mol. The monoisotopic (exact) mass is 576 g/mol. The third-order valence-electron chi connectivity index (χ3n) is 9.70. The highest BCUT2D eigenvalue weighted by atomic mass is 32.1. The number of hydrogen-bond acceptors (Lipinski definition) is 10. The molecule has 1 spiro atoms. The number of nitrogens with zero attached hydrogens (tertiary/aromatic N) is 4. The Kier molecular flexibility index (Phi) is 7.79. The zero-order chi connectivity index (χ0) is 28.7. The predicted octanol–water partition coefficient (Wildman–Crippen LogP) is 4.44. The maximum atomic E-state index is 14.4. The molecule has 1 saturated carbocycles. The smallest absolute Gasteiger partial charge is 0.217 e. The quantitative estimate of drug-likeness (QED) is 0.494. The van der Waals surface area contributed by atoms with Crippen molar-refractivity contribution in [2.45, 2.75) is 94.6 Å². The van der Waals surface area contributed by atoms with Crippen molar-refractivity contribution in [2.75, 3.05) is 32.5 Å². The van der Waals surface area contributed by atoms with Gasteiger partial charge < -0.3 is 20.9 Å². The Morgan fingerprint density at radius 3 is 2.68 bits per heavy atom. The van der Waals surface area contributed by atoms with Crippen LogP contribution >= 0.6 is 11.3 Å². The molecule has 41 heavy (non-hydrogen) atoms. The molecule has 6 rings (SSSR count). The van der Waals surface area contributed by atoms with Crippen LogP contribution < -0.4 is 16.2 Å². The number of aryl methyl sites for hydroxylation is 1. The van der Waals surface area contributed by atoms with E-state index in [9.17, 15) is 10.1 Å². The Morgan fingerprint density at radius 2 is 1.98 bits per heavy atom. The number of allylic oxidation sites excluding steroid dienone is 1. The number of hydrogen-bond donors (Lipinski definition) is 2. The highest BCUT2D eigenvalue weighted by Gasteiger charge is 2.49. The molecule has 0 radical (unpaired) electrons. The van der Waals surface area contributed by atoms with Crippen molar-refractivity contribution in [3.63, 3.8) is 0 Å². The predicted molar refractivity (Wildman–Crippen MR) is 159 cm³/mol. The molecule has 0 bridgehead atoms. The highest BCUT2D eigenvalue weighted by Crippen LogP contribution is 2.52. The first-order chi connectivity index (χ1) is 19.8. The van der Waals surface area contributed by atoms with Crippen molar-refractivity contribution in [3.05, 3.63) is 39.2 Å². The van der Waals surface area contributed by atoms with Crippen LogP contribution in [0.2, 0.25) is 0 Å². The standard InChI is InChI=1S/C31H40N6O3S/c1-18(23-7-5-13-37(23)2)40-25-16-22(19-9-14-39-15-10-19)35-30(36-25)27(33)20-6-3-11-31(28(20)38)12-4-8-24-26(31)21(17-32)29(34)41-24/h16,18-19,23H,3-15,33-34H2,1-2H3/t18-,23-,31-/m0/s1. The van der Waals surface area contributed by atoms with E-state index in [1.54, 1.807) is 0 Å². The maximum Gasteiger partial charge on any atom is 0.217 e. The minimum atomic E-state index is -0.760. The summed E-state index contributed by atoms with van der Waals surface area (Å²) < 4.78 is 12.1. The molecular formula is C31H40N6O3S. The Balaban J connectivity index is 1.40. The topological polar surface area (TPSA) is 140 Å². The summed E-state index contributed by atoms with van der Waals surface area (Å²) in [6.07, 6.45) is 8.44. The van der Waals surface area contributed by atoms with E-state index in [0.717, 1.165) is 67.6 Å². The van der Waals surface area contributed by atoms with Crippen molar-refractivity contribution in [3.8, 4) is 11.9 Å². The number of carbonyl (C=O) groups is 1. The van der Waals surface area contributed by atoms with Crippen molar-refractivity contribution in [2.24, 2.45) is 5.73 Å². The van der Waals surface area contributed by atoms with Crippen molar-refractivity contribution in [1.82, 2.24) is 14.9 Å². The number of likely N-dealkylation sites (N-methyl/N-ethyl adjacent to an activating group) is 1. The largest absolute Gasteiger partial charge is 0.473 e. The first-order valence-corrected chi connectivity index (χ1v) is 15.8. The van der Waals surface area contributed by atoms with Crippen LogP contribution in [0.3, 0.4) is 0 Å². The molecule has 4 N–H and O–H groups in total. The molecule has 2 aromatic heterocycles. The molecule has 2 aliphatic carbocycles. The van der Waals surface area contributed by atoms with Gasteiger partial charge in [0.15, 0.2) is 11.6 Å². The van der Waals surface area contributed by atoms with Crippen LogP contribution in [0.5, 0.6) is 5.88 Å². The normalized spacial score (nSPS) is 27.4. The maximum absolute atomic E-state index is 14.4. The molecular weight excluding hydrogens is 536 g/mol. The zero-order valence-electron chi connectivity index (χ0n) is 24.1. The third-order valence-corrected chi connectivity index (χ3v) is 10.8. The molecule has 0 aromatic carbocycles. The van der Waals surface area contributed by atoms with Crippen LogP contribution in [0.1, 0.15) is 98.2 Å². The summed E-state index contributed by atoms with van der Waals surface area (Å²) in [6, 6.07) is 4.57. The van der Waals surface area contributed by atoms with Gasteiger partial charge in [0.25, 0.3) is 0 Å². The fourth-order valence-corrected chi connectivity index (χ4v) is 8.70. The minimum Gasteiger partial charge on any atom is -0.473 e. The Labute approximate surface area is 245 Å². The average Bonchev–Trinajstić information content (AvgIpc) is 3.57. The molecule has 0 amide bonds. The second-order valence-electron chi connectivity index (χ2n) is 12.1. The van der Waals surface area contributed by atoms with Gasteiger partial charge >= 0.3 is 0 Å². The second-order valence-corrected chi connectivity index (χ2v) is 13.3. The molecule has 218 valence electrons. The molecule has 2 aliphatic heterocycles. The summed E-state index contributed by atoms with van der Waals surface area (Å²) in [4.78, 5) is 27.6. The molecule has 2 saturated heterocycles. The lowest BCUT2D eigenvalue weighted by molar-refractivity contribution is -0.122. The van der Waals surface area contributed by atoms with E-state index in [1.807, 2.05) is 6.07 Å². The van der Waals surface area contributed by atoms with Crippen LogP contribution in [0, 0.1) is 11.3 Å². The lowest BCUT2D eigenvalue weighted by Crippen LogP contribution is -2.43. The molecule has 2 aromatic rings. The van der Waals surface area contributed by atoms with Crippen LogP contribution in [-0.2, 0) is 21.4 Å². The number of anilines is 1. The Bertz CT molecular complexity index is 1410. The summed E-state index contributed by atoms with van der Waals surface area (Å²) in [7, 11) is 2.14.